The average molecular weight is 287 g/mol. The Bertz CT molecular complexity index is 702. The van der Waals surface area contributed by atoms with Crippen molar-refractivity contribution < 1.29 is 14.6 Å². The summed E-state index contributed by atoms with van der Waals surface area (Å²) in [6.07, 6.45) is 2.81. The molecule has 0 aliphatic carbocycles. The molecule has 112 valence electrons. The minimum Gasteiger partial charge on any atom is -0.478 e. The molecule has 1 saturated heterocycles. The number of benzene rings is 1. The normalized spacial score (nSPS) is 22.0. The fourth-order valence-corrected chi connectivity index (χ4v) is 3.24. The molecule has 0 saturated carbocycles. The monoisotopic (exact) mass is 287 g/mol. The van der Waals surface area contributed by atoms with Crippen molar-refractivity contribution in [2.75, 3.05) is 0 Å². The zero-order chi connectivity index (χ0) is 15.1. The molecule has 4 nitrogen and oxygen atoms in total. The van der Waals surface area contributed by atoms with Crippen LogP contribution >= 0.6 is 0 Å². The Kier molecular flexibility index (Phi) is 3.49. The van der Waals surface area contributed by atoms with Crippen LogP contribution in [0.25, 0.3) is 10.9 Å². The van der Waals surface area contributed by atoms with Gasteiger partial charge in [-0.25, -0.2) is 4.79 Å². The third kappa shape index (κ3) is 2.44. The number of fused-ring (bicyclic) bond motifs is 1. The lowest BCUT2D eigenvalue weighted by atomic mass is 10.1. The number of hydrogen-bond donors (Lipinski definition) is 1. The van der Waals surface area contributed by atoms with Crippen molar-refractivity contribution >= 4 is 16.9 Å². The molecule has 2 atom stereocenters. The van der Waals surface area contributed by atoms with Gasteiger partial charge in [-0.2, -0.15) is 0 Å². The van der Waals surface area contributed by atoms with Gasteiger partial charge in [0.25, 0.3) is 0 Å². The van der Waals surface area contributed by atoms with Crippen molar-refractivity contribution in [3.8, 4) is 0 Å². The van der Waals surface area contributed by atoms with Gasteiger partial charge in [-0.1, -0.05) is 0 Å². The van der Waals surface area contributed by atoms with Gasteiger partial charge in [0, 0.05) is 23.1 Å². The van der Waals surface area contributed by atoms with Crippen LogP contribution < -0.4 is 0 Å². The fraction of sp³-hybridized carbons (Fsp3) is 0.471. The van der Waals surface area contributed by atoms with E-state index in [4.69, 9.17) is 9.84 Å². The van der Waals surface area contributed by atoms with Gasteiger partial charge >= 0.3 is 5.97 Å². The molecule has 2 heterocycles. The number of carboxylic acids is 1. The molecule has 1 N–H and O–H groups in total. The number of aromatic carboxylic acids is 1. The molecule has 3 rings (SSSR count). The second-order valence-electron chi connectivity index (χ2n) is 6.00. The smallest absolute Gasteiger partial charge is 0.335 e. The molecule has 0 bridgehead atoms. The molecule has 2 aromatic rings. The zero-order valence-electron chi connectivity index (χ0n) is 12.7. The SMILES string of the molecule is Cc1c(C)n(CC2CCC(C)O2)c2ccc(C(=O)O)cc12. The second-order valence-corrected chi connectivity index (χ2v) is 6.00. The van der Waals surface area contributed by atoms with Crippen LogP contribution in [0.4, 0.5) is 0 Å². The van der Waals surface area contributed by atoms with Crippen molar-refractivity contribution in [1.29, 1.82) is 0 Å². The van der Waals surface area contributed by atoms with E-state index in [1.165, 1.54) is 5.69 Å². The summed E-state index contributed by atoms with van der Waals surface area (Å²) >= 11 is 0. The Balaban J connectivity index is 2.02. The van der Waals surface area contributed by atoms with Gasteiger partial charge in [-0.3, -0.25) is 0 Å². The number of carbonyl (C=O) groups is 1. The zero-order valence-corrected chi connectivity index (χ0v) is 12.7. The van der Waals surface area contributed by atoms with Crippen LogP contribution in [-0.4, -0.2) is 27.9 Å². The number of rotatable bonds is 3. The number of aromatic nitrogens is 1. The van der Waals surface area contributed by atoms with E-state index in [9.17, 15) is 4.79 Å². The van der Waals surface area contributed by atoms with E-state index in [-0.39, 0.29) is 6.10 Å². The van der Waals surface area contributed by atoms with Crippen LogP contribution in [-0.2, 0) is 11.3 Å². The summed E-state index contributed by atoms with van der Waals surface area (Å²) in [6, 6.07) is 5.37. The Morgan fingerprint density at radius 3 is 2.76 bits per heavy atom. The molecule has 4 heteroatoms. The van der Waals surface area contributed by atoms with Crippen molar-refractivity contribution in [2.45, 2.75) is 52.4 Å². The minimum atomic E-state index is -0.880. The molecule has 1 aromatic carbocycles. The average Bonchev–Trinajstić information content (AvgIpc) is 2.96. The predicted octanol–water partition coefficient (Wildman–Crippen LogP) is 3.52. The van der Waals surface area contributed by atoms with Crippen LogP contribution in [0.5, 0.6) is 0 Å². The molecule has 1 aromatic heterocycles. The topological polar surface area (TPSA) is 51.5 Å². The second kappa shape index (κ2) is 5.19. The van der Waals surface area contributed by atoms with E-state index in [0.717, 1.165) is 35.9 Å². The molecular weight excluding hydrogens is 266 g/mol. The number of ether oxygens (including phenoxy) is 1. The molecule has 1 aliphatic heterocycles. The molecule has 1 fully saturated rings. The van der Waals surface area contributed by atoms with E-state index < -0.39 is 5.97 Å². The van der Waals surface area contributed by atoms with Gasteiger partial charge in [-0.15, -0.1) is 0 Å². The highest BCUT2D eigenvalue weighted by Crippen LogP contribution is 2.29. The Morgan fingerprint density at radius 2 is 2.14 bits per heavy atom. The van der Waals surface area contributed by atoms with Gasteiger partial charge in [-0.05, 0) is 57.4 Å². The maximum Gasteiger partial charge on any atom is 0.335 e. The summed E-state index contributed by atoms with van der Waals surface area (Å²) in [7, 11) is 0. The predicted molar refractivity (Wildman–Crippen MR) is 81.9 cm³/mol. The lowest BCUT2D eigenvalue weighted by molar-refractivity contribution is 0.0462. The lowest BCUT2D eigenvalue weighted by Crippen LogP contribution is -2.17. The van der Waals surface area contributed by atoms with E-state index in [2.05, 4.69) is 25.3 Å². The van der Waals surface area contributed by atoms with E-state index >= 15 is 0 Å². The van der Waals surface area contributed by atoms with Crippen molar-refractivity contribution in [2.24, 2.45) is 0 Å². The summed E-state index contributed by atoms with van der Waals surface area (Å²) in [5.41, 5.74) is 3.78. The van der Waals surface area contributed by atoms with E-state index in [0.29, 0.717) is 11.7 Å². The number of nitrogens with zero attached hydrogens (tertiary/aromatic N) is 1. The van der Waals surface area contributed by atoms with Crippen molar-refractivity contribution in [3.63, 3.8) is 0 Å². The van der Waals surface area contributed by atoms with E-state index in [1.54, 1.807) is 12.1 Å². The molecule has 21 heavy (non-hydrogen) atoms. The number of hydrogen-bond acceptors (Lipinski definition) is 2. The van der Waals surface area contributed by atoms with Crippen molar-refractivity contribution in [1.82, 2.24) is 4.57 Å². The molecule has 1 aliphatic rings. The quantitative estimate of drug-likeness (QED) is 0.939. The maximum atomic E-state index is 11.1. The third-order valence-electron chi connectivity index (χ3n) is 4.59. The Labute approximate surface area is 124 Å². The Morgan fingerprint density at radius 1 is 1.38 bits per heavy atom. The summed E-state index contributed by atoms with van der Waals surface area (Å²) in [4.78, 5) is 11.1. The van der Waals surface area contributed by atoms with Gasteiger partial charge < -0.3 is 14.4 Å². The summed E-state index contributed by atoms with van der Waals surface area (Å²) in [5, 5.41) is 10.2. The highest BCUT2D eigenvalue weighted by atomic mass is 16.5. The minimum absolute atomic E-state index is 0.257. The van der Waals surface area contributed by atoms with Gasteiger partial charge in [0.2, 0.25) is 0 Å². The highest BCUT2D eigenvalue weighted by Gasteiger charge is 2.24. The number of aryl methyl sites for hydroxylation is 1. The molecule has 0 spiro atoms. The Hall–Kier alpha value is -1.81. The standard InChI is InChI=1S/C17H21NO3/c1-10-4-6-14(21-10)9-18-12(3)11(2)15-8-13(17(19)20)5-7-16(15)18/h5,7-8,10,14H,4,6,9H2,1-3H3,(H,19,20). The molecular formula is C17H21NO3. The largest absolute Gasteiger partial charge is 0.478 e. The molecule has 0 radical (unpaired) electrons. The van der Waals surface area contributed by atoms with Crippen LogP contribution in [0.1, 0.15) is 41.4 Å². The fourth-order valence-electron chi connectivity index (χ4n) is 3.24. The molecule has 0 amide bonds. The molecule has 2 unspecified atom stereocenters. The third-order valence-corrected chi connectivity index (χ3v) is 4.59. The van der Waals surface area contributed by atoms with Gasteiger partial charge in [0.05, 0.1) is 17.8 Å². The highest BCUT2D eigenvalue weighted by molar-refractivity contribution is 5.95. The number of carboxylic acid groups (broad SMARTS) is 1. The van der Waals surface area contributed by atoms with Crippen LogP contribution in [0.2, 0.25) is 0 Å². The first-order chi connectivity index (χ1) is 9.97. The van der Waals surface area contributed by atoms with Crippen molar-refractivity contribution in [3.05, 3.63) is 35.0 Å². The summed E-state index contributed by atoms with van der Waals surface area (Å²) in [6.45, 7) is 7.10. The van der Waals surface area contributed by atoms with Crippen LogP contribution in [0.3, 0.4) is 0 Å². The van der Waals surface area contributed by atoms with Gasteiger partial charge in [0.1, 0.15) is 0 Å². The summed E-state index contributed by atoms with van der Waals surface area (Å²) in [5.74, 6) is -0.880. The maximum absolute atomic E-state index is 11.1. The first-order valence-electron chi connectivity index (χ1n) is 7.45. The van der Waals surface area contributed by atoms with Crippen LogP contribution in [0, 0.1) is 13.8 Å². The first-order valence-corrected chi connectivity index (χ1v) is 7.45. The van der Waals surface area contributed by atoms with E-state index in [1.807, 2.05) is 6.07 Å². The first kappa shape index (κ1) is 14.1. The van der Waals surface area contributed by atoms with Crippen LogP contribution in [0.15, 0.2) is 18.2 Å². The summed E-state index contributed by atoms with van der Waals surface area (Å²) < 4.78 is 8.19. The lowest BCUT2D eigenvalue weighted by Gasteiger charge is -2.15. The van der Waals surface area contributed by atoms with Gasteiger partial charge in [0.15, 0.2) is 0 Å².